The zero-order chi connectivity index (χ0) is 26.5. The predicted octanol–water partition coefficient (Wildman–Crippen LogP) is 4.21. The van der Waals surface area contributed by atoms with E-state index in [4.69, 9.17) is 9.15 Å². The maximum atomic E-state index is 13.9. The molecule has 1 saturated heterocycles. The number of benzene rings is 2. The Balaban J connectivity index is 1.48. The van der Waals surface area contributed by atoms with E-state index in [-0.39, 0.29) is 31.0 Å². The molecule has 0 radical (unpaired) electrons. The van der Waals surface area contributed by atoms with E-state index in [1.165, 1.54) is 0 Å². The molecule has 1 aliphatic heterocycles. The van der Waals surface area contributed by atoms with Crippen molar-refractivity contribution in [1.82, 2.24) is 25.2 Å². The summed E-state index contributed by atoms with van der Waals surface area (Å²) in [6, 6.07) is 18.1. The van der Waals surface area contributed by atoms with Gasteiger partial charge in [-0.2, -0.15) is 0 Å². The molecule has 2 aromatic carbocycles. The van der Waals surface area contributed by atoms with E-state index in [1.54, 1.807) is 28.0 Å². The normalized spacial score (nSPS) is 16.1. The number of aromatic nitrogens is 3. The molecular weight excluding hydrogens is 482 g/mol. The zero-order valence-electron chi connectivity index (χ0n) is 21.7. The maximum Gasteiger partial charge on any atom is 0.247 e. The van der Waals surface area contributed by atoms with Gasteiger partial charge in [-0.05, 0) is 54.2 Å². The first kappa shape index (κ1) is 25.7. The molecule has 3 heterocycles. The highest BCUT2D eigenvalue weighted by molar-refractivity contribution is 5.89. The van der Waals surface area contributed by atoms with Gasteiger partial charge in [0, 0.05) is 13.2 Å². The minimum absolute atomic E-state index is 0.0151. The molecule has 9 heteroatoms. The molecule has 1 fully saturated rings. The van der Waals surface area contributed by atoms with Crippen molar-refractivity contribution in [3.8, 4) is 0 Å². The second-order valence-corrected chi connectivity index (χ2v) is 9.94. The second-order valence-electron chi connectivity index (χ2n) is 9.94. The summed E-state index contributed by atoms with van der Waals surface area (Å²) in [6.07, 6.45) is 3.43. The third kappa shape index (κ3) is 5.78. The number of nitrogens with one attached hydrogen (secondary N) is 1. The van der Waals surface area contributed by atoms with Crippen LogP contribution in [0.1, 0.15) is 55.5 Å². The quantitative estimate of drug-likeness (QED) is 0.339. The number of para-hydroxylation sites is 1. The topological polar surface area (TPSA) is 102 Å². The Morgan fingerprint density at radius 1 is 1.08 bits per heavy atom. The molecule has 1 aliphatic rings. The van der Waals surface area contributed by atoms with Crippen LogP contribution in [0.25, 0.3) is 11.0 Å². The minimum atomic E-state index is -0.870. The van der Waals surface area contributed by atoms with Crippen molar-refractivity contribution in [1.29, 1.82) is 0 Å². The maximum absolute atomic E-state index is 13.9. The Kier molecular flexibility index (Phi) is 7.83. The molecule has 0 spiro atoms. The van der Waals surface area contributed by atoms with Gasteiger partial charge in [-0.1, -0.05) is 55.5 Å². The van der Waals surface area contributed by atoms with Crippen molar-refractivity contribution in [2.45, 2.75) is 57.8 Å². The van der Waals surface area contributed by atoms with E-state index in [0.717, 1.165) is 29.5 Å². The molecule has 38 heavy (non-hydrogen) atoms. The first-order valence-electron chi connectivity index (χ1n) is 13.1. The lowest BCUT2D eigenvalue weighted by Gasteiger charge is -2.31. The number of nitrogens with zero attached hydrogens (tertiary/aromatic N) is 4. The van der Waals surface area contributed by atoms with Crippen molar-refractivity contribution in [2.75, 3.05) is 13.2 Å². The Hall–Kier alpha value is -3.98. The number of carbonyl (C=O) groups is 2. The van der Waals surface area contributed by atoms with Crippen LogP contribution < -0.4 is 5.32 Å². The summed E-state index contributed by atoms with van der Waals surface area (Å²) >= 11 is 0. The summed E-state index contributed by atoms with van der Waals surface area (Å²) in [7, 11) is 0. The Bertz CT molecular complexity index is 1360. The van der Waals surface area contributed by atoms with Gasteiger partial charge < -0.3 is 19.4 Å². The fourth-order valence-electron chi connectivity index (χ4n) is 4.80. The Morgan fingerprint density at radius 2 is 1.87 bits per heavy atom. The van der Waals surface area contributed by atoms with Gasteiger partial charge in [0.05, 0.1) is 24.4 Å². The molecule has 0 saturated carbocycles. The molecule has 2 amide bonds. The molecule has 2 atom stereocenters. The molecule has 4 aromatic rings. The van der Waals surface area contributed by atoms with E-state index >= 15 is 0 Å². The molecule has 198 valence electrons. The number of ether oxygens (including phenoxy) is 1. The number of furan rings is 1. The van der Waals surface area contributed by atoms with Gasteiger partial charge >= 0.3 is 0 Å². The van der Waals surface area contributed by atoms with Crippen LogP contribution >= 0.6 is 0 Å². The number of hydrogen-bond donors (Lipinski definition) is 1. The van der Waals surface area contributed by atoms with Crippen LogP contribution in [0.3, 0.4) is 0 Å². The Labute approximate surface area is 221 Å². The van der Waals surface area contributed by atoms with Crippen LogP contribution in [0.15, 0.2) is 71.3 Å². The number of fused-ring (bicyclic) bond motifs is 1. The summed E-state index contributed by atoms with van der Waals surface area (Å²) in [4.78, 5) is 29.3. The first-order chi connectivity index (χ1) is 18.5. The summed E-state index contributed by atoms with van der Waals surface area (Å²) < 4.78 is 12.9. The standard InChI is InChI=1S/C29H33N5O4/c1-20(2)21-11-13-22(14-12-21)28(29(36)30-17-23-7-5-15-37-23)33(18-24-8-6-16-38-24)27(35)19-34-26-10-4-3-9-25(26)31-32-34/h3-4,6,8-14,16,20,23,28H,5,7,15,17-19H2,1-2H3,(H,30,36). The van der Waals surface area contributed by atoms with Gasteiger partial charge in [0.15, 0.2) is 0 Å². The fourth-order valence-corrected chi connectivity index (χ4v) is 4.80. The highest BCUT2D eigenvalue weighted by Crippen LogP contribution is 2.27. The van der Waals surface area contributed by atoms with Crippen molar-refractivity contribution in [3.63, 3.8) is 0 Å². The number of hydrogen-bond acceptors (Lipinski definition) is 6. The molecule has 2 unspecified atom stereocenters. The van der Waals surface area contributed by atoms with E-state index in [2.05, 4.69) is 29.5 Å². The largest absolute Gasteiger partial charge is 0.467 e. The average molecular weight is 516 g/mol. The highest BCUT2D eigenvalue weighted by Gasteiger charge is 2.33. The lowest BCUT2D eigenvalue weighted by molar-refractivity contribution is -0.142. The van der Waals surface area contributed by atoms with Crippen LogP contribution in [-0.2, 0) is 27.4 Å². The van der Waals surface area contributed by atoms with Crippen LogP contribution in [0.4, 0.5) is 0 Å². The summed E-state index contributed by atoms with van der Waals surface area (Å²) in [5.41, 5.74) is 3.33. The van der Waals surface area contributed by atoms with Crippen molar-refractivity contribution >= 4 is 22.8 Å². The first-order valence-corrected chi connectivity index (χ1v) is 13.1. The summed E-state index contributed by atoms with van der Waals surface area (Å²) in [6.45, 7) is 5.40. The Morgan fingerprint density at radius 3 is 2.58 bits per heavy atom. The van der Waals surface area contributed by atoms with Crippen molar-refractivity contribution < 1.29 is 18.7 Å². The van der Waals surface area contributed by atoms with Crippen molar-refractivity contribution in [2.24, 2.45) is 0 Å². The number of amides is 2. The molecule has 0 bridgehead atoms. The van der Waals surface area contributed by atoms with Gasteiger partial charge in [-0.3, -0.25) is 9.59 Å². The predicted molar refractivity (Wildman–Crippen MR) is 142 cm³/mol. The summed E-state index contributed by atoms with van der Waals surface area (Å²) in [5.74, 6) is 0.387. The lowest BCUT2D eigenvalue weighted by Crippen LogP contribution is -2.46. The molecular formula is C29H33N5O4. The van der Waals surface area contributed by atoms with Gasteiger partial charge in [0.25, 0.3) is 0 Å². The van der Waals surface area contributed by atoms with Gasteiger partial charge in [0.1, 0.15) is 23.9 Å². The SMILES string of the molecule is CC(C)c1ccc(C(C(=O)NCC2CCCO2)N(Cc2ccco2)C(=O)Cn2nnc3ccccc32)cc1. The van der Waals surface area contributed by atoms with E-state index < -0.39 is 6.04 Å². The van der Waals surface area contributed by atoms with Crippen LogP contribution in [0.2, 0.25) is 0 Å². The third-order valence-corrected chi connectivity index (χ3v) is 6.94. The molecule has 9 nitrogen and oxygen atoms in total. The van der Waals surface area contributed by atoms with E-state index in [0.29, 0.717) is 30.3 Å². The molecule has 2 aromatic heterocycles. The zero-order valence-corrected chi connectivity index (χ0v) is 21.7. The van der Waals surface area contributed by atoms with E-state index in [9.17, 15) is 9.59 Å². The molecule has 1 N–H and O–H groups in total. The van der Waals surface area contributed by atoms with Crippen molar-refractivity contribution in [3.05, 3.63) is 83.8 Å². The van der Waals surface area contributed by atoms with Crippen LogP contribution in [-0.4, -0.2) is 51.0 Å². The van der Waals surface area contributed by atoms with Crippen LogP contribution in [0, 0.1) is 0 Å². The highest BCUT2D eigenvalue weighted by atomic mass is 16.5. The summed E-state index contributed by atoms with van der Waals surface area (Å²) in [5, 5.41) is 11.4. The lowest BCUT2D eigenvalue weighted by atomic mass is 9.97. The molecule has 0 aliphatic carbocycles. The minimum Gasteiger partial charge on any atom is -0.467 e. The van der Waals surface area contributed by atoms with Crippen LogP contribution in [0.5, 0.6) is 0 Å². The van der Waals surface area contributed by atoms with E-state index in [1.807, 2.05) is 48.5 Å². The number of rotatable bonds is 10. The number of carbonyl (C=O) groups excluding carboxylic acids is 2. The molecule has 5 rings (SSSR count). The second kappa shape index (κ2) is 11.6. The monoisotopic (exact) mass is 515 g/mol. The fraction of sp³-hybridized carbons (Fsp3) is 0.379. The average Bonchev–Trinajstić information content (AvgIpc) is 3.71. The van der Waals surface area contributed by atoms with Gasteiger partial charge in [-0.15, -0.1) is 5.10 Å². The van der Waals surface area contributed by atoms with Gasteiger partial charge in [0.2, 0.25) is 11.8 Å². The third-order valence-electron chi connectivity index (χ3n) is 6.94. The van der Waals surface area contributed by atoms with Gasteiger partial charge in [-0.25, -0.2) is 4.68 Å². The smallest absolute Gasteiger partial charge is 0.247 e.